The van der Waals surface area contributed by atoms with Gasteiger partial charge in [-0.3, -0.25) is 0 Å². The van der Waals surface area contributed by atoms with E-state index in [-0.39, 0.29) is 0 Å². The lowest BCUT2D eigenvalue weighted by atomic mass is 10.6. The molecule has 3 heteroatoms. The summed E-state index contributed by atoms with van der Waals surface area (Å²) < 4.78 is 2.30. The van der Waals surface area contributed by atoms with Crippen molar-refractivity contribution >= 4 is 22.6 Å². The Hall–Kier alpha value is -0.320. The van der Waals surface area contributed by atoms with Gasteiger partial charge in [-0.15, -0.1) is 6.58 Å². The van der Waals surface area contributed by atoms with Crippen molar-refractivity contribution in [1.82, 2.24) is 9.55 Å². The van der Waals surface area contributed by atoms with Gasteiger partial charge in [0.25, 0.3) is 0 Å². The fraction of sp³-hybridized carbons (Fsp3) is 0.167. The Morgan fingerprint density at radius 1 is 1.78 bits per heavy atom. The normalized spacial score (nSPS) is 13.0. The predicted molar refractivity (Wildman–Crippen MR) is 45.5 cm³/mol. The van der Waals surface area contributed by atoms with Gasteiger partial charge >= 0.3 is 0 Å². The predicted octanol–water partition coefficient (Wildman–Crippen LogP) is 2.00. The van der Waals surface area contributed by atoms with Crippen LogP contribution in [0.2, 0.25) is 0 Å². The molecule has 1 aromatic heterocycles. The molecule has 48 valence electrons. The zero-order valence-corrected chi connectivity index (χ0v) is 7.02. The highest BCUT2D eigenvalue weighted by molar-refractivity contribution is 14.1. The molecule has 0 N–H and O–H groups in total. The van der Waals surface area contributed by atoms with Gasteiger partial charge in [0.2, 0.25) is 0 Å². The van der Waals surface area contributed by atoms with Crippen molar-refractivity contribution in [3.05, 3.63) is 31.4 Å². The van der Waals surface area contributed by atoms with Crippen molar-refractivity contribution in [2.45, 2.75) is 4.05 Å². The lowest BCUT2D eigenvalue weighted by Gasteiger charge is -2.02. The molecule has 0 radical (unpaired) electrons. The summed E-state index contributed by atoms with van der Waals surface area (Å²) in [7, 11) is 0. The van der Waals surface area contributed by atoms with Gasteiger partial charge in [0.1, 0.15) is 4.05 Å². The minimum Gasteiger partial charge on any atom is -0.322 e. The fourth-order valence-electron chi connectivity index (χ4n) is 0.537. The van der Waals surface area contributed by atoms with Gasteiger partial charge in [0.15, 0.2) is 0 Å². The molecule has 1 rings (SSSR count). The summed E-state index contributed by atoms with van der Waals surface area (Å²) >= 11 is 2.27. The number of imidazole rings is 1. The maximum absolute atomic E-state index is 3.90. The lowest BCUT2D eigenvalue weighted by Crippen LogP contribution is -1.93. The third-order valence-electron chi connectivity index (χ3n) is 1.00. The molecule has 0 aromatic carbocycles. The van der Waals surface area contributed by atoms with E-state index in [1.165, 1.54) is 0 Å². The van der Waals surface area contributed by atoms with Crippen molar-refractivity contribution in [3.8, 4) is 0 Å². The summed E-state index contributed by atoms with van der Waals surface area (Å²) in [5, 5.41) is 0. The van der Waals surface area contributed by atoms with E-state index in [9.17, 15) is 0 Å². The highest BCUT2D eigenvalue weighted by Crippen LogP contribution is 2.14. The SMILES string of the molecule is C=CC(I)n1ccnc1. The zero-order chi connectivity index (χ0) is 6.69. The zero-order valence-electron chi connectivity index (χ0n) is 4.87. The highest BCUT2D eigenvalue weighted by atomic mass is 127. The molecule has 2 nitrogen and oxygen atoms in total. The van der Waals surface area contributed by atoms with Crippen LogP contribution in [0.15, 0.2) is 31.4 Å². The number of allylic oxidation sites excluding steroid dienone is 1. The third kappa shape index (κ3) is 1.54. The van der Waals surface area contributed by atoms with Crippen molar-refractivity contribution in [3.63, 3.8) is 0 Å². The topological polar surface area (TPSA) is 17.8 Å². The molecule has 1 atom stereocenters. The van der Waals surface area contributed by atoms with E-state index in [2.05, 4.69) is 34.2 Å². The van der Waals surface area contributed by atoms with Gasteiger partial charge < -0.3 is 4.57 Å². The first-order valence-electron chi connectivity index (χ1n) is 2.58. The van der Waals surface area contributed by atoms with Crippen LogP contribution >= 0.6 is 22.6 Å². The first-order chi connectivity index (χ1) is 4.34. The number of alkyl halides is 1. The monoisotopic (exact) mass is 234 g/mol. The van der Waals surface area contributed by atoms with Crippen LogP contribution in [0.1, 0.15) is 4.05 Å². The highest BCUT2D eigenvalue weighted by Gasteiger charge is 1.95. The van der Waals surface area contributed by atoms with Crippen LogP contribution in [0.5, 0.6) is 0 Å². The molecular weight excluding hydrogens is 227 g/mol. The quantitative estimate of drug-likeness (QED) is 0.434. The molecule has 0 amide bonds. The Bertz CT molecular complexity index is 181. The van der Waals surface area contributed by atoms with E-state index in [1.54, 1.807) is 12.5 Å². The molecule has 0 fully saturated rings. The minimum atomic E-state index is 0.324. The summed E-state index contributed by atoms with van der Waals surface area (Å²) in [6.45, 7) is 3.66. The smallest absolute Gasteiger partial charge is 0.104 e. The second-order valence-corrected chi connectivity index (χ2v) is 2.89. The van der Waals surface area contributed by atoms with E-state index in [4.69, 9.17) is 0 Å². The van der Waals surface area contributed by atoms with Gasteiger partial charge in [-0.05, 0) is 0 Å². The maximum atomic E-state index is 3.90. The summed E-state index contributed by atoms with van der Waals surface area (Å²) in [4.78, 5) is 3.90. The van der Waals surface area contributed by atoms with Crippen molar-refractivity contribution in [2.75, 3.05) is 0 Å². The first-order valence-corrected chi connectivity index (χ1v) is 3.83. The van der Waals surface area contributed by atoms with Crippen molar-refractivity contribution in [1.29, 1.82) is 0 Å². The molecule has 1 unspecified atom stereocenters. The molecule has 1 aromatic rings. The Kier molecular flexibility index (Phi) is 2.27. The molecule has 0 spiro atoms. The molecule has 0 aliphatic carbocycles. The molecule has 0 saturated heterocycles. The number of rotatable bonds is 2. The van der Waals surface area contributed by atoms with Gasteiger partial charge in [-0.2, -0.15) is 0 Å². The molecule has 0 aliphatic rings. The van der Waals surface area contributed by atoms with Crippen LogP contribution in [0.4, 0.5) is 0 Å². The largest absolute Gasteiger partial charge is 0.322 e. The second-order valence-electron chi connectivity index (χ2n) is 1.62. The van der Waals surface area contributed by atoms with E-state index in [0.29, 0.717) is 4.05 Å². The molecule has 0 saturated carbocycles. The summed E-state index contributed by atoms with van der Waals surface area (Å²) in [5.74, 6) is 0. The van der Waals surface area contributed by atoms with Crippen molar-refractivity contribution < 1.29 is 0 Å². The third-order valence-corrected chi connectivity index (χ3v) is 2.16. The van der Waals surface area contributed by atoms with Crippen LogP contribution < -0.4 is 0 Å². The summed E-state index contributed by atoms with van der Waals surface area (Å²) in [6.07, 6.45) is 7.31. The lowest BCUT2D eigenvalue weighted by molar-refractivity contribution is 0.827. The molecule has 0 aliphatic heterocycles. The van der Waals surface area contributed by atoms with Gasteiger partial charge in [-0.25, -0.2) is 4.98 Å². The average molecular weight is 234 g/mol. The Morgan fingerprint density at radius 3 is 3.00 bits per heavy atom. The number of halogens is 1. The van der Waals surface area contributed by atoms with Gasteiger partial charge in [0.05, 0.1) is 6.33 Å². The van der Waals surface area contributed by atoms with E-state index >= 15 is 0 Å². The van der Waals surface area contributed by atoms with E-state index in [1.807, 2.05) is 16.8 Å². The maximum Gasteiger partial charge on any atom is 0.104 e. The van der Waals surface area contributed by atoms with Crippen LogP contribution in [-0.2, 0) is 0 Å². The number of aromatic nitrogens is 2. The van der Waals surface area contributed by atoms with Crippen LogP contribution in [0.3, 0.4) is 0 Å². The van der Waals surface area contributed by atoms with Crippen LogP contribution in [0.25, 0.3) is 0 Å². The van der Waals surface area contributed by atoms with E-state index < -0.39 is 0 Å². The molecule has 1 heterocycles. The fourth-order valence-corrected chi connectivity index (χ4v) is 0.867. The Balaban J connectivity index is 2.76. The Morgan fingerprint density at radius 2 is 2.56 bits per heavy atom. The standard InChI is InChI=1S/C6H7IN2/c1-2-6(7)9-4-3-8-5-9/h2-6H,1H2. The first kappa shape index (κ1) is 6.80. The molecular formula is C6H7IN2. The second kappa shape index (κ2) is 3.00. The minimum absolute atomic E-state index is 0.324. The average Bonchev–Trinajstić information content (AvgIpc) is 2.37. The van der Waals surface area contributed by atoms with Crippen LogP contribution in [-0.4, -0.2) is 9.55 Å². The number of hydrogen-bond acceptors (Lipinski definition) is 1. The molecule has 0 bridgehead atoms. The number of hydrogen-bond donors (Lipinski definition) is 0. The summed E-state index contributed by atoms with van der Waals surface area (Å²) in [6, 6.07) is 0. The van der Waals surface area contributed by atoms with Gasteiger partial charge in [-0.1, -0.05) is 28.7 Å². The molecule has 9 heavy (non-hydrogen) atoms. The number of nitrogens with zero attached hydrogens (tertiary/aromatic N) is 2. The summed E-state index contributed by atoms with van der Waals surface area (Å²) in [5.41, 5.74) is 0. The Labute approximate surface area is 67.7 Å². The van der Waals surface area contributed by atoms with Crippen molar-refractivity contribution in [2.24, 2.45) is 0 Å². The van der Waals surface area contributed by atoms with Gasteiger partial charge in [0, 0.05) is 12.4 Å². The van der Waals surface area contributed by atoms with E-state index in [0.717, 1.165) is 0 Å². The van der Waals surface area contributed by atoms with Crippen LogP contribution in [0, 0.1) is 0 Å².